The highest BCUT2D eigenvalue weighted by Gasteiger charge is 2.33. The maximum absolute atomic E-state index is 5.60. The van der Waals surface area contributed by atoms with Crippen LogP contribution in [0.25, 0.3) is 0 Å². The van der Waals surface area contributed by atoms with Gasteiger partial charge in [0, 0.05) is 49.0 Å². The van der Waals surface area contributed by atoms with Crippen molar-refractivity contribution in [2.75, 3.05) is 52.7 Å². The summed E-state index contributed by atoms with van der Waals surface area (Å²) in [7, 11) is 4.14. The Morgan fingerprint density at radius 2 is 2.21 bits per heavy atom. The molecule has 2 atom stereocenters. The van der Waals surface area contributed by atoms with Gasteiger partial charge in [-0.15, -0.1) is 11.3 Å². The van der Waals surface area contributed by atoms with Crippen LogP contribution in [0.4, 0.5) is 0 Å². The number of aliphatic imine (C=N–C) groups is 1. The fraction of sp³-hybridized carbons (Fsp3) is 0.762. The summed E-state index contributed by atoms with van der Waals surface area (Å²) in [5.41, 5.74) is 0. The number of piperidine rings is 1. The second-order valence-corrected chi connectivity index (χ2v) is 10.6. The van der Waals surface area contributed by atoms with Gasteiger partial charge in [-0.05, 0) is 62.4 Å². The molecule has 0 spiro atoms. The van der Waals surface area contributed by atoms with E-state index in [9.17, 15) is 0 Å². The van der Waals surface area contributed by atoms with Gasteiger partial charge in [-0.3, -0.25) is 9.89 Å². The molecule has 2 N–H and O–H groups in total. The number of ether oxygens (including phenoxy) is 1. The Labute approximate surface area is 178 Å². The number of guanidine groups is 1. The van der Waals surface area contributed by atoms with Crippen molar-refractivity contribution in [1.29, 1.82) is 0 Å². The van der Waals surface area contributed by atoms with E-state index in [2.05, 4.69) is 63.8 Å². The van der Waals surface area contributed by atoms with Crippen LogP contribution < -0.4 is 10.6 Å². The summed E-state index contributed by atoms with van der Waals surface area (Å²) in [5.74, 6) is 2.68. The van der Waals surface area contributed by atoms with Crippen LogP contribution in [0.1, 0.15) is 43.5 Å². The van der Waals surface area contributed by atoms with Crippen molar-refractivity contribution in [3.05, 3.63) is 22.4 Å². The molecule has 5 nitrogen and oxygen atoms in total. The third-order valence-electron chi connectivity index (χ3n) is 6.03. The molecule has 1 aromatic heterocycles. The average molecular weight is 425 g/mol. The molecule has 0 aromatic carbocycles. The van der Waals surface area contributed by atoms with Gasteiger partial charge in [0.1, 0.15) is 0 Å². The van der Waals surface area contributed by atoms with E-state index in [4.69, 9.17) is 4.74 Å². The summed E-state index contributed by atoms with van der Waals surface area (Å²) >= 11 is 3.95. The monoisotopic (exact) mass is 424 g/mol. The minimum atomic E-state index is 0.273. The molecule has 28 heavy (non-hydrogen) atoms. The van der Waals surface area contributed by atoms with Crippen LogP contribution in [0.5, 0.6) is 0 Å². The van der Waals surface area contributed by atoms with Gasteiger partial charge >= 0.3 is 0 Å². The Kier molecular flexibility index (Phi) is 8.51. The topological polar surface area (TPSA) is 48.9 Å². The molecule has 1 aromatic rings. The van der Waals surface area contributed by atoms with E-state index in [1.54, 1.807) is 0 Å². The third-order valence-corrected chi connectivity index (χ3v) is 8.43. The Morgan fingerprint density at radius 3 is 2.89 bits per heavy atom. The first-order valence-corrected chi connectivity index (χ1v) is 12.4. The number of likely N-dealkylation sites (tertiary alicyclic amines) is 1. The molecular weight excluding hydrogens is 388 g/mol. The Hall–Kier alpha value is -0.760. The van der Waals surface area contributed by atoms with Crippen molar-refractivity contribution < 1.29 is 4.74 Å². The molecule has 7 heteroatoms. The molecule has 2 fully saturated rings. The maximum Gasteiger partial charge on any atom is 0.191 e. The number of hydrogen-bond acceptors (Lipinski definition) is 5. The van der Waals surface area contributed by atoms with Crippen LogP contribution in [-0.4, -0.2) is 68.3 Å². The number of thiophene rings is 1. The molecule has 0 saturated carbocycles. The van der Waals surface area contributed by atoms with E-state index in [0.29, 0.717) is 12.0 Å². The van der Waals surface area contributed by atoms with Crippen LogP contribution in [0.15, 0.2) is 22.5 Å². The summed E-state index contributed by atoms with van der Waals surface area (Å²) in [6, 6.07) is 4.97. The van der Waals surface area contributed by atoms with E-state index in [1.165, 1.54) is 24.3 Å². The molecule has 3 heterocycles. The molecule has 3 rings (SSSR count). The summed E-state index contributed by atoms with van der Waals surface area (Å²) in [6.45, 7) is 7.09. The van der Waals surface area contributed by atoms with Crippen LogP contribution in [-0.2, 0) is 4.74 Å². The van der Waals surface area contributed by atoms with Crippen molar-refractivity contribution in [2.45, 2.75) is 43.4 Å². The zero-order valence-corrected chi connectivity index (χ0v) is 19.2. The van der Waals surface area contributed by atoms with Gasteiger partial charge in [-0.2, -0.15) is 11.8 Å². The average Bonchev–Trinajstić information content (AvgIpc) is 3.23. The maximum atomic E-state index is 5.60. The predicted octanol–water partition coefficient (Wildman–Crippen LogP) is 3.60. The molecule has 2 aliphatic heterocycles. The largest absolute Gasteiger partial charge is 0.381 e. The Balaban J connectivity index is 1.55. The lowest BCUT2D eigenvalue weighted by molar-refractivity contribution is 0.0781. The predicted molar refractivity (Wildman–Crippen MR) is 123 cm³/mol. The molecule has 0 bridgehead atoms. The molecule has 158 valence electrons. The molecule has 2 saturated heterocycles. The van der Waals surface area contributed by atoms with E-state index >= 15 is 0 Å². The first-order chi connectivity index (χ1) is 13.7. The molecule has 0 aliphatic carbocycles. The summed E-state index contributed by atoms with van der Waals surface area (Å²) in [5, 5.41) is 9.44. The molecule has 0 radical (unpaired) electrons. The smallest absolute Gasteiger partial charge is 0.191 e. The van der Waals surface area contributed by atoms with E-state index < -0.39 is 0 Å². The van der Waals surface area contributed by atoms with Gasteiger partial charge in [-0.1, -0.05) is 13.0 Å². The quantitative estimate of drug-likeness (QED) is 0.517. The van der Waals surface area contributed by atoms with Gasteiger partial charge in [-0.25, -0.2) is 0 Å². The van der Waals surface area contributed by atoms with Crippen molar-refractivity contribution in [1.82, 2.24) is 15.5 Å². The highest BCUT2D eigenvalue weighted by molar-refractivity contribution is 8.00. The Bertz CT molecular complexity index is 596. The second kappa shape index (κ2) is 10.9. The lowest BCUT2D eigenvalue weighted by atomic mass is 9.88. The van der Waals surface area contributed by atoms with Gasteiger partial charge < -0.3 is 15.4 Å². The number of nitrogens with one attached hydrogen (secondary N) is 2. The van der Waals surface area contributed by atoms with Crippen LogP contribution in [0.3, 0.4) is 0 Å². The molecule has 2 unspecified atom stereocenters. The zero-order chi connectivity index (χ0) is 19.8. The molecule has 2 aliphatic rings. The lowest BCUT2D eigenvalue weighted by Crippen LogP contribution is -2.50. The highest BCUT2D eigenvalue weighted by Crippen LogP contribution is 2.37. The molecule has 0 amide bonds. The third kappa shape index (κ3) is 5.65. The standard InChI is InChI=1S/C21H36N4OS2/c1-4-28-21(9-12-26-13-10-21)16-24-20(22-2)23-15-17-7-5-11-25(3)19(17)18-8-6-14-27-18/h6,8,14,17,19H,4-5,7,9-13,15-16H2,1-3H3,(H2,22,23,24). The van der Waals surface area contributed by atoms with Crippen LogP contribution in [0.2, 0.25) is 0 Å². The minimum Gasteiger partial charge on any atom is -0.381 e. The summed E-state index contributed by atoms with van der Waals surface area (Å²) < 4.78 is 5.87. The summed E-state index contributed by atoms with van der Waals surface area (Å²) in [4.78, 5) is 8.50. The second-order valence-electron chi connectivity index (χ2n) is 7.88. The van der Waals surface area contributed by atoms with E-state index in [1.807, 2.05) is 18.4 Å². The van der Waals surface area contributed by atoms with Gasteiger partial charge in [0.2, 0.25) is 0 Å². The summed E-state index contributed by atoms with van der Waals surface area (Å²) in [6.07, 6.45) is 4.77. The minimum absolute atomic E-state index is 0.273. The fourth-order valence-electron chi connectivity index (χ4n) is 4.50. The van der Waals surface area contributed by atoms with Crippen LogP contribution >= 0.6 is 23.1 Å². The van der Waals surface area contributed by atoms with Gasteiger partial charge in [0.05, 0.1) is 0 Å². The SMILES string of the molecule is CCSC1(CNC(=NC)NCC2CCCN(C)C2c2cccs2)CCOCC1. The highest BCUT2D eigenvalue weighted by atomic mass is 32.2. The zero-order valence-electron chi connectivity index (χ0n) is 17.6. The van der Waals surface area contributed by atoms with Crippen molar-refractivity contribution in [2.24, 2.45) is 10.9 Å². The van der Waals surface area contributed by atoms with Gasteiger partial charge in [0.25, 0.3) is 0 Å². The number of rotatable bonds is 7. The molecular formula is C21H36N4OS2. The number of nitrogens with zero attached hydrogens (tertiary/aromatic N) is 2. The normalized spacial score (nSPS) is 26.2. The van der Waals surface area contributed by atoms with Crippen molar-refractivity contribution in [3.63, 3.8) is 0 Å². The number of hydrogen-bond donors (Lipinski definition) is 2. The fourth-order valence-corrected chi connectivity index (χ4v) is 6.72. The van der Waals surface area contributed by atoms with E-state index in [-0.39, 0.29) is 4.75 Å². The van der Waals surface area contributed by atoms with Crippen LogP contribution in [0, 0.1) is 5.92 Å². The first kappa shape index (κ1) is 21.9. The first-order valence-electron chi connectivity index (χ1n) is 10.6. The number of thioether (sulfide) groups is 1. The lowest BCUT2D eigenvalue weighted by Gasteiger charge is -2.39. The van der Waals surface area contributed by atoms with Crippen molar-refractivity contribution >= 4 is 29.1 Å². The van der Waals surface area contributed by atoms with Crippen molar-refractivity contribution in [3.8, 4) is 0 Å². The van der Waals surface area contributed by atoms with Gasteiger partial charge in [0.15, 0.2) is 5.96 Å². The van der Waals surface area contributed by atoms with E-state index in [0.717, 1.165) is 50.9 Å². The Morgan fingerprint density at radius 1 is 1.39 bits per heavy atom.